The van der Waals surface area contributed by atoms with E-state index in [2.05, 4.69) is 10.6 Å². The number of carbonyl (C=O) groups is 2. The summed E-state index contributed by atoms with van der Waals surface area (Å²) in [6.07, 6.45) is 5.24. The SMILES string of the molecule is O=C(Nc1ccc(Cl)c(C(=O)NC2CCCCC2)c1)c1ccc([N+](=O)[O-])cc1Cl. The molecule has 1 fully saturated rings. The van der Waals surface area contributed by atoms with Crippen LogP contribution in [0.3, 0.4) is 0 Å². The number of amides is 2. The molecule has 9 heteroatoms. The average Bonchev–Trinajstić information content (AvgIpc) is 2.69. The first-order chi connectivity index (χ1) is 13.8. The summed E-state index contributed by atoms with van der Waals surface area (Å²) in [6, 6.07) is 8.32. The van der Waals surface area contributed by atoms with Gasteiger partial charge in [0.1, 0.15) is 0 Å². The first-order valence-electron chi connectivity index (χ1n) is 9.21. The van der Waals surface area contributed by atoms with Gasteiger partial charge in [0.25, 0.3) is 17.5 Å². The van der Waals surface area contributed by atoms with Crippen LogP contribution in [0.5, 0.6) is 0 Å². The van der Waals surface area contributed by atoms with Crippen LogP contribution < -0.4 is 10.6 Å². The molecule has 0 heterocycles. The number of anilines is 1. The highest BCUT2D eigenvalue weighted by atomic mass is 35.5. The maximum atomic E-state index is 12.6. The lowest BCUT2D eigenvalue weighted by molar-refractivity contribution is -0.384. The molecule has 0 spiro atoms. The van der Waals surface area contributed by atoms with E-state index in [1.165, 1.54) is 30.7 Å². The molecule has 152 valence electrons. The maximum absolute atomic E-state index is 12.6. The second-order valence-electron chi connectivity index (χ2n) is 6.88. The largest absolute Gasteiger partial charge is 0.349 e. The van der Waals surface area contributed by atoms with Crippen LogP contribution in [0.1, 0.15) is 52.8 Å². The molecule has 0 saturated heterocycles. The molecule has 1 aliphatic carbocycles. The van der Waals surface area contributed by atoms with Crippen molar-refractivity contribution < 1.29 is 14.5 Å². The third-order valence-electron chi connectivity index (χ3n) is 4.82. The minimum Gasteiger partial charge on any atom is -0.349 e. The lowest BCUT2D eigenvalue weighted by Gasteiger charge is -2.23. The number of carbonyl (C=O) groups excluding carboxylic acids is 2. The Bertz CT molecular complexity index is 959. The molecular formula is C20H19Cl2N3O4. The quantitative estimate of drug-likeness (QED) is 0.496. The topological polar surface area (TPSA) is 101 Å². The second kappa shape index (κ2) is 9.24. The van der Waals surface area contributed by atoms with Gasteiger partial charge >= 0.3 is 0 Å². The number of nitrogens with one attached hydrogen (secondary N) is 2. The number of nitro benzene ring substituents is 1. The first-order valence-corrected chi connectivity index (χ1v) is 9.96. The van der Waals surface area contributed by atoms with Crippen molar-refractivity contribution in [2.24, 2.45) is 0 Å². The molecule has 2 aromatic rings. The molecule has 0 radical (unpaired) electrons. The van der Waals surface area contributed by atoms with E-state index >= 15 is 0 Å². The molecule has 0 aromatic heterocycles. The number of rotatable bonds is 5. The van der Waals surface area contributed by atoms with Crippen LogP contribution >= 0.6 is 23.2 Å². The van der Waals surface area contributed by atoms with Crippen molar-refractivity contribution >= 4 is 46.4 Å². The minimum atomic E-state index is -0.593. The van der Waals surface area contributed by atoms with E-state index in [0.717, 1.165) is 31.7 Å². The highest BCUT2D eigenvalue weighted by Crippen LogP contribution is 2.26. The third-order valence-corrected chi connectivity index (χ3v) is 5.46. The van der Waals surface area contributed by atoms with Crippen LogP contribution in [0.4, 0.5) is 11.4 Å². The van der Waals surface area contributed by atoms with Crippen molar-refractivity contribution in [3.05, 3.63) is 67.7 Å². The number of nitro groups is 1. The van der Waals surface area contributed by atoms with Crippen LogP contribution in [-0.4, -0.2) is 22.8 Å². The van der Waals surface area contributed by atoms with Crippen LogP contribution in [0.15, 0.2) is 36.4 Å². The minimum absolute atomic E-state index is 0.0408. The zero-order valence-electron chi connectivity index (χ0n) is 15.4. The van der Waals surface area contributed by atoms with Crippen molar-refractivity contribution in [1.29, 1.82) is 0 Å². The molecule has 1 aliphatic rings. The fraction of sp³-hybridized carbons (Fsp3) is 0.300. The summed E-state index contributed by atoms with van der Waals surface area (Å²) >= 11 is 12.2. The second-order valence-corrected chi connectivity index (χ2v) is 7.69. The smallest absolute Gasteiger partial charge is 0.270 e. The van der Waals surface area contributed by atoms with Gasteiger partial charge in [-0.3, -0.25) is 19.7 Å². The Balaban J connectivity index is 1.74. The van der Waals surface area contributed by atoms with Gasteiger partial charge in [0.05, 0.1) is 26.1 Å². The molecule has 3 rings (SSSR count). The van der Waals surface area contributed by atoms with Crippen molar-refractivity contribution in [3.8, 4) is 0 Å². The van der Waals surface area contributed by atoms with Crippen LogP contribution in [0.2, 0.25) is 10.0 Å². The molecular weight excluding hydrogens is 417 g/mol. The van der Waals surface area contributed by atoms with Gasteiger partial charge in [-0.25, -0.2) is 0 Å². The number of hydrogen-bond donors (Lipinski definition) is 2. The summed E-state index contributed by atoms with van der Waals surface area (Å²) in [7, 11) is 0. The normalized spacial score (nSPS) is 14.3. The number of hydrogen-bond acceptors (Lipinski definition) is 4. The summed E-state index contributed by atoms with van der Waals surface area (Å²) in [5.74, 6) is -0.836. The van der Waals surface area contributed by atoms with Gasteiger partial charge in [0.15, 0.2) is 0 Å². The molecule has 29 heavy (non-hydrogen) atoms. The van der Waals surface area contributed by atoms with Crippen molar-refractivity contribution in [2.45, 2.75) is 38.1 Å². The van der Waals surface area contributed by atoms with Gasteiger partial charge in [0, 0.05) is 23.9 Å². The van der Waals surface area contributed by atoms with E-state index in [-0.39, 0.29) is 38.8 Å². The summed E-state index contributed by atoms with van der Waals surface area (Å²) in [6.45, 7) is 0. The average molecular weight is 436 g/mol. The zero-order valence-corrected chi connectivity index (χ0v) is 16.9. The Kier molecular flexibility index (Phi) is 6.71. The Morgan fingerprint density at radius 1 is 0.931 bits per heavy atom. The van der Waals surface area contributed by atoms with Gasteiger partial charge in [0.2, 0.25) is 0 Å². The van der Waals surface area contributed by atoms with Crippen LogP contribution in [0.25, 0.3) is 0 Å². The Morgan fingerprint density at radius 3 is 2.31 bits per heavy atom. The van der Waals surface area contributed by atoms with Gasteiger partial charge in [-0.1, -0.05) is 42.5 Å². The number of halogens is 2. The van der Waals surface area contributed by atoms with E-state index in [0.29, 0.717) is 5.69 Å². The van der Waals surface area contributed by atoms with Crippen molar-refractivity contribution in [1.82, 2.24) is 5.32 Å². The highest BCUT2D eigenvalue weighted by Gasteiger charge is 2.20. The standard InChI is InChI=1S/C20H19Cl2N3O4/c21-17-9-6-13(10-16(17)20(27)23-12-4-2-1-3-5-12)24-19(26)15-8-7-14(25(28)29)11-18(15)22/h6-12H,1-5H2,(H,23,27)(H,24,26). The zero-order chi connectivity index (χ0) is 21.0. The van der Waals surface area contributed by atoms with Crippen molar-refractivity contribution in [3.63, 3.8) is 0 Å². The molecule has 0 bridgehead atoms. The summed E-state index contributed by atoms with van der Waals surface area (Å²) in [5, 5.41) is 16.7. The Labute approximate surface area is 177 Å². The van der Waals surface area contributed by atoms with Gasteiger partial charge < -0.3 is 10.6 Å². The Morgan fingerprint density at radius 2 is 1.66 bits per heavy atom. The maximum Gasteiger partial charge on any atom is 0.270 e. The Hall–Kier alpha value is -2.64. The molecule has 0 aliphatic heterocycles. The van der Waals surface area contributed by atoms with Gasteiger partial charge in [-0.05, 0) is 37.1 Å². The third kappa shape index (κ3) is 5.25. The fourth-order valence-electron chi connectivity index (χ4n) is 3.29. The monoisotopic (exact) mass is 435 g/mol. The fourth-order valence-corrected chi connectivity index (χ4v) is 3.75. The van der Waals surface area contributed by atoms with E-state index in [4.69, 9.17) is 23.2 Å². The predicted molar refractivity (Wildman–Crippen MR) is 112 cm³/mol. The molecule has 2 amide bonds. The molecule has 2 aromatic carbocycles. The predicted octanol–water partition coefficient (Wildman–Crippen LogP) is 5.22. The van der Waals surface area contributed by atoms with Crippen molar-refractivity contribution in [2.75, 3.05) is 5.32 Å². The van der Waals surface area contributed by atoms with Gasteiger partial charge in [-0.15, -0.1) is 0 Å². The molecule has 0 unspecified atom stereocenters. The number of non-ortho nitro benzene ring substituents is 1. The molecule has 7 nitrogen and oxygen atoms in total. The van der Waals surface area contributed by atoms with E-state index < -0.39 is 10.8 Å². The molecule has 2 N–H and O–H groups in total. The summed E-state index contributed by atoms with van der Waals surface area (Å²) < 4.78 is 0. The van der Waals surface area contributed by atoms with E-state index in [1.54, 1.807) is 6.07 Å². The van der Waals surface area contributed by atoms with Crippen LogP contribution in [0, 0.1) is 10.1 Å². The highest BCUT2D eigenvalue weighted by molar-refractivity contribution is 6.35. The first kappa shape index (κ1) is 21.1. The number of nitrogens with zero attached hydrogens (tertiary/aromatic N) is 1. The summed E-state index contributed by atoms with van der Waals surface area (Å²) in [4.78, 5) is 35.3. The molecule has 1 saturated carbocycles. The van der Waals surface area contributed by atoms with Gasteiger partial charge in [-0.2, -0.15) is 0 Å². The number of benzene rings is 2. The van der Waals surface area contributed by atoms with E-state index in [1.807, 2.05) is 0 Å². The van der Waals surface area contributed by atoms with Crippen LogP contribution in [-0.2, 0) is 0 Å². The van der Waals surface area contributed by atoms with E-state index in [9.17, 15) is 19.7 Å². The lowest BCUT2D eigenvalue weighted by Crippen LogP contribution is -2.36. The summed E-state index contributed by atoms with van der Waals surface area (Å²) in [5.41, 5.74) is 0.507. The lowest BCUT2D eigenvalue weighted by atomic mass is 9.95. The molecule has 0 atom stereocenters.